The number of fused-ring (bicyclic) bond motifs is 1. The molecule has 3 aliphatic rings. The van der Waals surface area contributed by atoms with Gasteiger partial charge in [0.25, 0.3) is 0 Å². The summed E-state index contributed by atoms with van der Waals surface area (Å²) in [6.07, 6.45) is 6.52. The molecule has 1 aliphatic carbocycles. The van der Waals surface area contributed by atoms with Crippen LogP contribution in [0.25, 0.3) is 5.57 Å². The van der Waals surface area contributed by atoms with E-state index in [1.165, 1.54) is 27.8 Å². The molecule has 1 spiro atoms. The first-order chi connectivity index (χ1) is 15.6. The number of aryl methyl sites for hydroxylation is 1. The van der Waals surface area contributed by atoms with E-state index in [9.17, 15) is 4.79 Å². The number of aldehydes is 1. The summed E-state index contributed by atoms with van der Waals surface area (Å²) in [6, 6.07) is 10.7. The van der Waals surface area contributed by atoms with Crippen LogP contribution in [0.2, 0.25) is 0 Å². The van der Waals surface area contributed by atoms with Crippen LogP contribution in [0, 0.1) is 13.8 Å². The maximum atomic E-state index is 10.9. The number of ether oxygens (including phenoxy) is 3. The van der Waals surface area contributed by atoms with Crippen molar-refractivity contribution in [1.82, 2.24) is 0 Å². The second-order valence-electron chi connectivity index (χ2n) is 9.10. The molecule has 5 nitrogen and oxygen atoms in total. The summed E-state index contributed by atoms with van der Waals surface area (Å²) >= 11 is 0. The van der Waals surface area contributed by atoms with E-state index in [1.54, 1.807) is 0 Å². The maximum Gasteiger partial charge on any atom is 0.172 e. The topological polar surface area (TPSA) is 56.8 Å². The van der Waals surface area contributed by atoms with Crippen molar-refractivity contribution in [3.05, 3.63) is 64.2 Å². The Morgan fingerprint density at radius 2 is 2.00 bits per heavy atom. The summed E-state index contributed by atoms with van der Waals surface area (Å²) in [6.45, 7) is 7.16. The molecule has 2 aromatic rings. The quantitative estimate of drug-likeness (QED) is 0.627. The number of benzene rings is 2. The van der Waals surface area contributed by atoms with Crippen molar-refractivity contribution in [3.63, 3.8) is 0 Å². The van der Waals surface area contributed by atoms with E-state index in [0.29, 0.717) is 26.2 Å². The van der Waals surface area contributed by atoms with E-state index < -0.39 is 0 Å². The van der Waals surface area contributed by atoms with Crippen LogP contribution in [0.15, 0.2) is 36.4 Å². The van der Waals surface area contributed by atoms with Gasteiger partial charge in [-0.05, 0) is 54.2 Å². The van der Waals surface area contributed by atoms with E-state index >= 15 is 0 Å². The van der Waals surface area contributed by atoms with Crippen molar-refractivity contribution in [2.45, 2.75) is 57.8 Å². The summed E-state index contributed by atoms with van der Waals surface area (Å²) < 4.78 is 17.6. The highest BCUT2D eigenvalue weighted by Crippen LogP contribution is 2.41. The molecule has 0 unspecified atom stereocenters. The molecule has 1 saturated heterocycles. The fraction of sp³-hybridized carbons (Fsp3) is 0.444. The zero-order valence-corrected chi connectivity index (χ0v) is 18.9. The van der Waals surface area contributed by atoms with E-state index in [2.05, 4.69) is 55.6 Å². The molecule has 1 N–H and O–H groups in total. The molecule has 2 aliphatic heterocycles. The largest absolute Gasteiger partial charge is 0.493 e. The molecular weight excluding hydrogens is 402 g/mol. The molecule has 0 saturated carbocycles. The second-order valence-corrected chi connectivity index (χ2v) is 9.10. The molecule has 5 rings (SSSR count). The standard InChI is InChI=1S/C27H31NO4/c1-18-3-4-21(16-28-23-5-6-24-22(9-12-29)17-30-25(24)15-23)19(2)26(18)20-7-10-27(11-8-20)31-13-14-32-27/h3-7,12,15,22,28H,8-11,13-14,16-17H2,1-2H3/t22-/m1/s1. The number of hydrogen-bond acceptors (Lipinski definition) is 5. The van der Waals surface area contributed by atoms with Gasteiger partial charge in [-0.15, -0.1) is 0 Å². The lowest BCUT2D eigenvalue weighted by Crippen LogP contribution is -2.31. The molecule has 0 aromatic heterocycles. The Bertz CT molecular complexity index is 1050. The predicted octanol–water partition coefficient (Wildman–Crippen LogP) is 5.29. The summed E-state index contributed by atoms with van der Waals surface area (Å²) in [7, 11) is 0. The number of allylic oxidation sites excluding steroid dienone is 1. The Kier molecular flexibility index (Phi) is 5.78. The van der Waals surface area contributed by atoms with Gasteiger partial charge in [0.15, 0.2) is 5.79 Å². The van der Waals surface area contributed by atoms with Crippen LogP contribution < -0.4 is 10.1 Å². The van der Waals surface area contributed by atoms with E-state index in [1.807, 2.05) is 0 Å². The van der Waals surface area contributed by atoms with Crippen molar-refractivity contribution < 1.29 is 19.0 Å². The third-order valence-corrected chi connectivity index (χ3v) is 7.11. The van der Waals surface area contributed by atoms with E-state index in [-0.39, 0.29) is 11.7 Å². The highest BCUT2D eigenvalue weighted by molar-refractivity contribution is 5.73. The van der Waals surface area contributed by atoms with Gasteiger partial charge in [-0.3, -0.25) is 0 Å². The normalized spacial score (nSPS) is 21.2. The fourth-order valence-electron chi connectivity index (χ4n) is 5.27. The summed E-state index contributed by atoms with van der Waals surface area (Å²) in [4.78, 5) is 10.9. The van der Waals surface area contributed by atoms with Crippen LogP contribution in [0.1, 0.15) is 59.4 Å². The molecule has 0 radical (unpaired) electrons. The van der Waals surface area contributed by atoms with Crippen molar-refractivity contribution in [2.75, 3.05) is 25.1 Å². The maximum absolute atomic E-state index is 10.9. The Hall–Kier alpha value is -2.63. The van der Waals surface area contributed by atoms with Crippen molar-refractivity contribution in [3.8, 4) is 5.75 Å². The van der Waals surface area contributed by atoms with Crippen molar-refractivity contribution in [1.29, 1.82) is 0 Å². The molecule has 2 heterocycles. The third kappa shape index (κ3) is 3.96. The van der Waals surface area contributed by atoms with Gasteiger partial charge in [0.1, 0.15) is 12.0 Å². The van der Waals surface area contributed by atoms with Crippen molar-refractivity contribution >= 4 is 17.5 Å². The zero-order valence-electron chi connectivity index (χ0n) is 18.9. The Morgan fingerprint density at radius 1 is 1.16 bits per heavy atom. The lowest BCUT2D eigenvalue weighted by molar-refractivity contribution is -0.159. The first-order valence-electron chi connectivity index (χ1n) is 11.6. The van der Waals surface area contributed by atoms with Gasteiger partial charge >= 0.3 is 0 Å². The monoisotopic (exact) mass is 433 g/mol. The minimum absolute atomic E-state index is 0.182. The zero-order chi connectivity index (χ0) is 22.1. The molecule has 168 valence electrons. The number of carbonyl (C=O) groups is 1. The van der Waals surface area contributed by atoms with Crippen LogP contribution in [-0.4, -0.2) is 31.9 Å². The van der Waals surface area contributed by atoms with Gasteiger partial charge in [0, 0.05) is 49.0 Å². The third-order valence-electron chi connectivity index (χ3n) is 7.11. The molecule has 0 bridgehead atoms. The fourth-order valence-corrected chi connectivity index (χ4v) is 5.27. The van der Waals surface area contributed by atoms with Crippen LogP contribution in [0.3, 0.4) is 0 Å². The average Bonchev–Trinajstić information content (AvgIpc) is 3.42. The molecule has 2 aromatic carbocycles. The van der Waals surface area contributed by atoms with Crippen LogP contribution in [0.4, 0.5) is 5.69 Å². The lowest BCUT2D eigenvalue weighted by atomic mass is 9.84. The van der Waals surface area contributed by atoms with Crippen LogP contribution >= 0.6 is 0 Å². The van der Waals surface area contributed by atoms with Gasteiger partial charge in [0.05, 0.1) is 19.8 Å². The Morgan fingerprint density at radius 3 is 2.75 bits per heavy atom. The van der Waals surface area contributed by atoms with Gasteiger partial charge < -0.3 is 24.3 Å². The summed E-state index contributed by atoms with van der Waals surface area (Å²) in [5, 5.41) is 3.56. The second kappa shape index (κ2) is 8.72. The van der Waals surface area contributed by atoms with E-state index in [4.69, 9.17) is 14.2 Å². The molecule has 5 heteroatoms. The van der Waals surface area contributed by atoms with Gasteiger partial charge in [-0.1, -0.05) is 24.3 Å². The van der Waals surface area contributed by atoms with Gasteiger partial charge in [-0.25, -0.2) is 0 Å². The number of carbonyl (C=O) groups excluding carboxylic acids is 1. The molecule has 1 atom stereocenters. The van der Waals surface area contributed by atoms with Crippen LogP contribution in [0.5, 0.6) is 5.75 Å². The molecule has 1 fully saturated rings. The number of rotatable bonds is 6. The minimum Gasteiger partial charge on any atom is -0.493 e. The summed E-state index contributed by atoms with van der Waals surface area (Å²) in [5.41, 5.74) is 8.87. The Balaban J connectivity index is 1.32. The average molecular weight is 434 g/mol. The van der Waals surface area contributed by atoms with Crippen LogP contribution in [-0.2, 0) is 20.8 Å². The predicted molar refractivity (Wildman–Crippen MR) is 125 cm³/mol. The minimum atomic E-state index is -0.384. The summed E-state index contributed by atoms with van der Waals surface area (Å²) in [5.74, 6) is 0.687. The van der Waals surface area contributed by atoms with Gasteiger partial charge in [-0.2, -0.15) is 0 Å². The lowest BCUT2D eigenvalue weighted by Gasteiger charge is -2.31. The molecule has 0 amide bonds. The Labute approximate surface area is 189 Å². The van der Waals surface area contributed by atoms with E-state index in [0.717, 1.165) is 49.1 Å². The SMILES string of the molecule is Cc1ccc(CNc2ccc3c(c2)OC[C@H]3CC=O)c(C)c1C1=CCC2(CC1)OCCO2. The van der Waals surface area contributed by atoms with Crippen molar-refractivity contribution in [2.24, 2.45) is 0 Å². The first-order valence-corrected chi connectivity index (χ1v) is 11.6. The number of anilines is 1. The molecular formula is C27H31NO4. The number of nitrogens with one attached hydrogen (secondary N) is 1. The highest BCUT2D eigenvalue weighted by Gasteiger charge is 2.38. The smallest absolute Gasteiger partial charge is 0.172 e. The highest BCUT2D eigenvalue weighted by atomic mass is 16.7. The molecule has 32 heavy (non-hydrogen) atoms. The number of hydrogen-bond donors (Lipinski definition) is 1. The first kappa shape index (κ1) is 21.2. The van der Waals surface area contributed by atoms with Gasteiger partial charge in [0.2, 0.25) is 0 Å².